The molecule has 4 nitrogen and oxygen atoms in total. The molecule has 0 rings (SSSR count). The van der Waals surface area contributed by atoms with E-state index in [1.807, 2.05) is 13.8 Å². The zero-order valence-corrected chi connectivity index (χ0v) is 19.5. The summed E-state index contributed by atoms with van der Waals surface area (Å²) in [5.74, 6) is 0. The van der Waals surface area contributed by atoms with Gasteiger partial charge in [0.25, 0.3) is 0 Å². The number of unbranched alkanes of at least 4 members (excludes halogenated alkanes) is 13. The molecule has 0 aromatic rings. The van der Waals surface area contributed by atoms with Crippen LogP contribution in [-0.2, 0) is 10.3 Å². The Hall–Kier alpha value is -0.130. The molecule has 0 unspecified atom stereocenters. The van der Waals surface area contributed by atoms with Crippen LogP contribution in [0.4, 0.5) is 0 Å². The lowest BCUT2D eigenvalue weighted by Crippen LogP contribution is -2.47. The van der Waals surface area contributed by atoms with Crippen molar-refractivity contribution in [2.45, 2.75) is 136 Å². The summed E-state index contributed by atoms with van der Waals surface area (Å²) in [7, 11) is -4.15. The molecule has 0 aliphatic heterocycles. The smallest absolute Gasteiger partial charge is 0.273 e. The molecule has 0 aliphatic carbocycles. The number of nitrogens with zero attached hydrogens (tertiary/aromatic N) is 1. The van der Waals surface area contributed by atoms with E-state index in [1.165, 1.54) is 68.5 Å². The Morgan fingerprint density at radius 1 is 0.667 bits per heavy atom. The Morgan fingerprint density at radius 2 is 1.04 bits per heavy atom. The molecular formula is C22H47NO3S. The largest absolute Gasteiger partial charge is 0.336 e. The fourth-order valence-electron chi connectivity index (χ4n) is 3.76. The molecule has 0 atom stereocenters. The SMILES string of the molecule is CCCCCCCCCCN(C(C)(C)CCCCCCCCC)S(=O)(=O)O. The van der Waals surface area contributed by atoms with E-state index in [4.69, 9.17) is 0 Å². The van der Waals surface area contributed by atoms with E-state index in [-0.39, 0.29) is 0 Å². The third-order valence-electron chi connectivity index (χ3n) is 5.56. The van der Waals surface area contributed by atoms with Crippen molar-refractivity contribution in [1.82, 2.24) is 4.31 Å². The minimum Gasteiger partial charge on any atom is -0.273 e. The van der Waals surface area contributed by atoms with Crippen LogP contribution >= 0.6 is 0 Å². The van der Waals surface area contributed by atoms with Crippen LogP contribution < -0.4 is 0 Å². The third-order valence-corrected chi connectivity index (χ3v) is 6.79. The second-order valence-corrected chi connectivity index (χ2v) is 10.0. The lowest BCUT2D eigenvalue weighted by Gasteiger charge is -2.35. The number of hydrogen-bond acceptors (Lipinski definition) is 2. The van der Waals surface area contributed by atoms with Crippen LogP contribution in [0.5, 0.6) is 0 Å². The highest BCUT2D eigenvalue weighted by Gasteiger charge is 2.34. The highest BCUT2D eigenvalue weighted by atomic mass is 32.2. The third kappa shape index (κ3) is 14.5. The van der Waals surface area contributed by atoms with E-state index < -0.39 is 15.8 Å². The molecule has 0 spiro atoms. The predicted octanol–water partition coefficient (Wildman–Crippen LogP) is 7.15. The van der Waals surface area contributed by atoms with Crippen LogP contribution in [0.1, 0.15) is 130 Å². The van der Waals surface area contributed by atoms with Gasteiger partial charge >= 0.3 is 10.3 Å². The van der Waals surface area contributed by atoms with E-state index in [2.05, 4.69) is 13.8 Å². The molecule has 0 bridgehead atoms. The van der Waals surface area contributed by atoms with Crippen molar-refractivity contribution in [3.63, 3.8) is 0 Å². The highest BCUT2D eigenvalue weighted by Crippen LogP contribution is 2.26. The molecule has 0 radical (unpaired) electrons. The van der Waals surface area contributed by atoms with Crippen LogP contribution in [0.25, 0.3) is 0 Å². The lowest BCUT2D eigenvalue weighted by atomic mass is 9.95. The van der Waals surface area contributed by atoms with Gasteiger partial charge in [0, 0.05) is 12.1 Å². The van der Waals surface area contributed by atoms with Gasteiger partial charge in [-0.25, -0.2) is 0 Å². The van der Waals surface area contributed by atoms with Crippen LogP contribution in [0.15, 0.2) is 0 Å². The molecule has 5 heteroatoms. The maximum Gasteiger partial charge on any atom is 0.336 e. The summed E-state index contributed by atoms with van der Waals surface area (Å²) >= 11 is 0. The van der Waals surface area contributed by atoms with Gasteiger partial charge in [-0.05, 0) is 26.7 Å². The standard InChI is InChI=1S/C22H47NO3S/c1-5-7-9-11-13-15-17-19-21-23(27(24,25)26)22(3,4)20-18-16-14-12-10-8-6-2/h5-21H2,1-4H3,(H,24,25,26). The van der Waals surface area contributed by atoms with Gasteiger partial charge in [-0.2, -0.15) is 12.7 Å². The molecule has 0 saturated heterocycles. The summed E-state index contributed by atoms with van der Waals surface area (Å²) in [5.41, 5.74) is -0.516. The van der Waals surface area contributed by atoms with Crippen molar-refractivity contribution in [2.75, 3.05) is 6.54 Å². The van der Waals surface area contributed by atoms with Gasteiger partial charge < -0.3 is 0 Å². The average Bonchev–Trinajstić information content (AvgIpc) is 2.58. The van der Waals surface area contributed by atoms with Crippen LogP contribution in [0.2, 0.25) is 0 Å². The summed E-state index contributed by atoms with van der Waals surface area (Å²) in [5, 5.41) is 0. The predicted molar refractivity (Wildman–Crippen MR) is 118 cm³/mol. The minimum absolute atomic E-state index is 0.428. The van der Waals surface area contributed by atoms with Crippen molar-refractivity contribution in [3.8, 4) is 0 Å². The van der Waals surface area contributed by atoms with Crippen LogP contribution in [-0.4, -0.2) is 29.4 Å². The Kier molecular flexibility index (Phi) is 15.7. The van der Waals surface area contributed by atoms with Crippen molar-refractivity contribution >= 4 is 10.3 Å². The first-order chi connectivity index (χ1) is 12.8. The molecule has 164 valence electrons. The van der Waals surface area contributed by atoms with Crippen molar-refractivity contribution < 1.29 is 13.0 Å². The van der Waals surface area contributed by atoms with E-state index >= 15 is 0 Å². The topological polar surface area (TPSA) is 57.6 Å². The van der Waals surface area contributed by atoms with Gasteiger partial charge in [0.2, 0.25) is 0 Å². The van der Waals surface area contributed by atoms with Gasteiger partial charge in [0.05, 0.1) is 0 Å². The molecule has 0 aliphatic rings. The highest BCUT2D eigenvalue weighted by molar-refractivity contribution is 7.83. The molecule has 0 aromatic heterocycles. The zero-order valence-electron chi connectivity index (χ0n) is 18.6. The average molecular weight is 406 g/mol. The Bertz CT molecular complexity index is 435. The van der Waals surface area contributed by atoms with E-state index in [9.17, 15) is 13.0 Å². The zero-order chi connectivity index (χ0) is 20.6. The Labute approximate surface area is 170 Å². The Morgan fingerprint density at radius 3 is 1.44 bits per heavy atom. The van der Waals surface area contributed by atoms with Gasteiger partial charge in [0.1, 0.15) is 0 Å². The number of hydrogen-bond donors (Lipinski definition) is 1. The summed E-state index contributed by atoms with van der Waals surface area (Å²) in [6, 6.07) is 0. The Balaban J connectivity index is 4.17. The second-order valence-electron chi connectivity index (χ2n) is 8.71. The van der Waals surface area contributed by atoms with Gasteiger partial charge in [0.15, 0.2) is 0 Å². The first-order valence-corrected chi connectivity index (χ1v) is 12.9. The summed E-state index contributed by atoms with van der Waals surface area (Å²) < 4.78 is 34.8. The fraction of sp³-hybridized carbons (Fsp3) is 1.00. The quantitative estimate of drug-likeness (QED) is 0.183. The van der Waals surface area contributed by atoms with E-state index in [0.29, 0.717) is 6.54 Å². The summed E-state index contributed by atoms with van der Waals surface area (Å²) in [4.78, 5) is 0. The monoisotopic (exact) mass is 405 g/mol. The summed E-state index contributed by atoms with van der Waals surface area (Å²) in [6.45, 7) is 8.76. The molecule has 1 N–H and O–H groups in total. The molecule has 0 heterocycles. The van der Waals surface area contributed by atoms with Crippen LogP contribution in [0, 0.1) is 0 Å². The number of rotatable bonds is 19. The molecule has 0 aromatic carbocycles. The lowest BCUT2D eigenvalue weighted by molar-refractivity contribution is 0.186. The first kappa shape index (κ1) is 26.9. The summed E-state index contributed by atoms with van der Waals surface area (Å²) in [6.07, 6.45) is 18.7. The molecular weight excluding hydrogens is 358 g/mol. The van der Waals surface area contributed by atoms with Crippen LogP contribution in [0.3, 0.4) is 0 Å². The van der Waals surface area contributed by atoms with Gasteiger partial charge in [-0.3, -0.25) is 4.55 Å². The van der Waals surface area contributed by atoms with Crippen molar-refractivity contribution in [1.29, 1.82) is 0 Å². The van der Waals surface area contributed by atoms with E-state index in [0.717, 1.165) is 38.5 Å². The fourth-order valence-corrected chi connectivity index (χ4v) is 4.83. The van der Waals surface area contributed by atoms with Gasteiger partial charge in [-0.15, -0.1) is 0 Å². The maximum absolute atomic E-state index is 11.9. The normalized spacial score (nSPS) is 12.8. The molecule has 27 heavy (non-hydrogen) atoms. The molecule has 0 amide bonds. The first-order valence-electron chi connectivity index (χ1n) is 11.5. The van der Waals surface area contributed by atoms with Crippen molar-refractivity contribution in [3.05, 3.63) is 0 Å². The van der Waals surface area contributed by atoms with Gasteiger partial charge in [-0.1, -0.05) is 104 Å². The van der Waals surface area contributed by atoms with Crippen molar-refractivity contribution in [2.24, 2.45) is 0 Å². The minimum atomic E-state index is -4.15. The molecule has 0 saturated carbocycles. The van der Waals surface area contributed by atoms with E-state index in [1.54, 1.807) is 0 Å². The molecule has 0 fully saturated rings. The second kappa shape index (κ2) is 15.8. The maximum atomic E-state index is 11.9.